The van der Waals surface area contributed by atoms with Crippen molar-refractivity contribution >= 4 is 11.6 Å². The summed E-state index contributed by atoms with van der Waals surface area (Å²) in [7, 11) is 1.87. The molecule has 0 fully saturated rings. The second-order valence-electron chi connectivity index (χ2n) is 4.18. The first-order valence-corrected chi connectivity index (χ1v) is 6.58. The first kappa shape index (κ1) is 14.5. The molecule has 0 radical (unpaired) electrons. The molecule has 0 saturated carbocycles. The van der Waals surface area contributed by atoms with E-state index in [1.165, 1.54) is 0 Å². The summed E-state index contributed by atoms with van der Waals surface area (Å²) in [5.74, 6) is 0. The molecule has 0 aliphatic heterocycles. The van der Waals surface area contributed by atoms with Gasteiger partial charge in [-0.25, -0.2) is 0 Å². The van der Waals surface area contributed by atoms with Crippen molar-refractivity contribution in [1.29, 1.82) is 0 Å². The molecule has 0 unspecified atom stereocenters. The Labute approximate surface area is 109 Å². The lowest BCUT2D eigenvalue weighted by atomic mass is 10.2. The van der Waals surface area contributed by atoms with Crippen LogP contribution in [0.3, 0.4) is 0 Å². The van der Waals surface area contributed by atoms with Crippen LogP contribution in [0.15, 0.2) is 0 Å². The first-order valence-electron chi connectivity index (χ1n) is 6.21. The van der Waals surface area contributed by atoms with Gasteiger partial charge in [-0.05, 0) is 20.0 Å². The normalized spacial score (nSPS) is 11.4. The fourth-order valence-electron chi connectivity index (χ4n) is 1.87. The second-order valence-corrected chi connectivity index (χ2v) is 4.54. The Morgan fingerprint density at radius 1 is 1.35 bits per heavy atom. The van der Waals surface area contributed by atoms with Crippen LogP contribution in [-0.4, -0.2) is 40.9 Å². The number of hydrogen-bond donors (Lipinski definition) is 1. The number of rotatable bonds is 7. The molecule has 0 atom stereocenters. The van der Waals surface area contributed by atoms with Gasteiger partial charge < -0.3 is 10.2 Å². The minimum absolute atomic E-state index is 0.734. The van der Waals surface area contributed by atoms with E-state index < -0.39 is 0 Å². The van der Waals surface area contributed by atoms with Crippen molar-refractivity contribution < 1.29 is 0 Å². The lowest BCUT2D eigenvalue weighted by molar-refractivity contribution is 0.302. The Balaban J connectivity index is 2.36. The van der Waals surface area contributed by atoms with E-state index in [4.69, 9.17) is 11.6 Å². The number of nitrogens with zero attached hydrogens (tertiary/aromatic N) is 3. The van der Waals surface area contributed by atoms with Crippen LogP contribution in [0.1, 0.15) is 25.1 Å². The summed E-state index contributed by atoms with van der Waals surface area (Å²) in [5, 5.41) is 8.44. The minimum atomic E-state index is 0.734. The molecule has 0 saturated heterocycles. The Kier molecular flexibility index (Phi) is 5.95. The topological polar surface area (TPSA) is 33.1 Å². The summed E-state index contributed by atoms with van der Waals surface area (Å²) in [5.41, 5.74) is 2.11. The fraction of sp³-hybridized carbons (Fsp3) is 0.750. The molecule has 98 valence electrons. The standard InChI is InChI=1S/C12H23ClN4/c1-5-17(6-2)8-7-14-9-11-10(3)15-16(4)12(11)13/h14H,5-9H2,1-4H3. The highest BCUT2D eigenvalue weighted by atomic mass is 35.5. The molecule has 0 aliphatic carbocycles. The molecular formula is C12H23ClN4. The summed E-state index contributed by atoms with van der Waals surface area (Å²) < 4.78 is 1.72. The average molecular weight is 259 g/mol. The number of likely N-dealkylation sites (N-methyl/N-ethyl adjacent to an activating group) is 1. The van der Waals surface area contributed by atoms with Crippen LogP contribution in [0.5, 0.6) is 0 Å². The number of halogens is 1. The van der Waals surface area contributed by atoms with Crippen molar-refractivity contribution in [2.75, 3.05) is 26.2 Å². The van der Waals surface area contributed by atoms with E-state index in [-0.39, 0.29) is 0 Å². The molecule has 5 heteroatoms. The average Bonchev–Trinajstić information content (AvgIpc) is 2.55. The number of hydrogen-bond acceptors (Lipinski definition) is 3. The summed E-state index contributed by atoms with van der Waals surface area (Å²) in [6.07, 6.45) is 0. The van der Waals surface area contributed by atoms with Gasteiger partial charge in [0.1, 0.15) is 5.15 Å². The van der Waals surface area contributed by atoms with Gasteiger partial charge in [-0.15, -0.1) is 0 Å². The monoisotopic (exact) mass is 258 g/mol. The zero-order valence-corrected chi connectivity index (χ0v) is 12.0. The highest BCUT2D eigenvalue weighted by Gasteiger charge is 2.10. The molecule has 1 heterocycles. The Bertz CT molecular complexity index is 345. The van der Waals surface area contributed by atoms with Crippen molar-refractivity contribution in [2.45, 2.75) is 27.3 Å². The summed E-state index contributed by atoms with van der Waals surface area (Å²) >= 11 is 6.16. The third-order valence-corrected chi connectivity index (χ3v) is 3.54. The predicted octanol–water partition coefficient (Wildman–Crippen LogP) is 1.81. The molecule has 1 rings (SSSR count). The minimum Gasteiger partial charge on any atom is -0.311 e. The van der Waals surface area contributed by atoms with Crippen LogP contribution in [0, 0.1) is 6.92 Å². The van der Waals surface area contributed by atoms with Gasteiger partial charge in [0.2, 0.25) is 0 Å². The maximum absolute atomic E-state index is 6.16. The molecule has 1 aromatic heterocycles. The van der Waals surface area contributed by atoms with E-state index in [0.717, 1.165) is 49.1 Å². The molecule has 0 aromatic carbocycles. The van der Waals surface area contributed by atoms with E-state index in [1.54, 1.807) is 4.68 Å². The zero-order valence-electron chi connectivity index (χ0n) is 11.3. The number of nitrogens with one attached hydrogen (secondary N) is 1. The van der Waals surface area contributed by atoms with Gasteiger partial charge in [-0.3, -0.25) is 4.68 Å². The van der Waals surface area contributed by atoms with E-state index in [2.05, 4.69) is 29.2 Å². The molecule has 0 aliphatic rings. The molecule has 17 heavy (non-hydrogen) atoms. The van der Waals surface area contributed by atoms with Crippen molar-refractivity contribution in [1.82, 2.24) is 20.0 Å². The number of aryl methyl sites for hydroxylation is 2. The van der Waals surface area contributed by atoms with Crippen LogP contribution in [0.2, 0.25) is 5.15 Å². The second kappa shape index (κ2) is 6.99. The van der Waals surface area contributed by atoms with Gasteiger partial charge in [-0.2, -0.15) is 5.10 Å². The van der Waals surface area contributed by atoms with Gasteiger partial charge in [0.05, 0.1) is 5.69 Å². The molecule has 1 aromatic rings. The largest absolute Gasteiger partial charge is 0.311 e. The van der Waals surface area contributed by atoms with Crippen LogP contribution >= 0.6 is 11.6 Å². The molecule has 1 N–H and O–H groups in total. The van der Waals surface area contributed by atoms with Gasteiger partial charge in [-0.1, -0.05) is 25.4 Å². The first-order chi connectivity index (χ1) is 8.10. The molecule has 0 bridgehead atoms. The lowest BCUT2D eigenvalue weighted by Crippen LogP contribution is -2.31. The predicted molar refractivity (Wildman–Crippen MR) is 72.4 cm³/mol. The summed E-state index contributed by atoms with van der Waals surface area (Å²) in [4.78, 5) is 2.39. The number of aromatic nitrogens is 2. The third-order valence-electron chi connectivity index (χ3n) is 3.07. The van der Waals surface area contributed by atoms with Crippen LogP contribution in [-0.2, 0) is 13.6 Å². The smallest absolute Gasteiger partial charge is 0.131 e. The van der Waals surface area contributed by atoms with Gasteiger partial charge in [0.25, 0.3) is 0 Å². The highest BCUT2D eigenvalue weighted by molar-refractivity contribution is 6.30. The summed E-state index contributed by atoms with van der Waals surface area (Å²) in [6, 6.07) is 0. The van der Waals surface area contributed by atoms with Crippen LogP contribution < -0.4 is 5.32 Å². The van der Waals surface area contributed by atoms with Crippen LogP contribution in [0.4, 0.5) is 0 Å². The fourth-order valence-corrected chi connectivity index (χ4v) is 2.11. The SMILES string of the molecule is CCN(CC)CCNCc1c(C)nn(C)c1Cl. The van der Waals surface area contributed by atoms with Crippen molar-refractivity contribution in [2.24, 2.45) is 7.05 Å². The van der Waals surface area contributed by atoms with Crippen molar-refractivity contribution in [3.8, 4) is 0 Å². The van der Waals surface area contributed by atoms with E-state index in [0.29, 0.717) is 0 Å². The van der Waals surface area contributed by atoms with Crippen molar-refractivity contribution in [3.63, 3.8) is 0 Å². The highest BCUT2D eigenvalue weighted by Crippen LogP contribution is 2.17. The van der Waals surface area contributed by atoms with Crippen LogP contribution in [0.25, 0.3) is 0 Å². The lowest BCUT2D eigenvalue weighted by Gasteiger charge is -2.17. The van der Waals surface area contributed by atoms with E-state index >= 15 is 0 Å². The molecule has 4 nitrogen and oxygen atoms in total. The molecule has 0 amide bonds. The Morgan fingerprint density at radius 2 is 2.00 bits per heavy atom. The third kappa shape index (κ3) is 3.98. The van der Waals surface area contributed by atoms with Gasteiger partial charge in [0.15, 0.2) is 0 Å². The Hall–Kier alpha value is -0.580. The quantitative estimate of drug-likeness (QED) is 0.758. The van der Waals surface area contributed by atoms with Crippen molar-refractivity contribution in [3.05, 3.63) is 16.4 Å². The summed E-state index contributed by atoms with van der Waals surface area (Å²) in [6.45, 7) is 11.4. The molecular weight excluding hydrogens is 236 g/mol. The zero-order chi connectivity index (χ0) is 12.8. The van der Waals surface area contributed by atoms with Gasteiger partial charge >= 0.3 is 0 Å². The molecule has 0 spiro atoms. The Morgan fingerprint density at radius 3 is 2.47 bits per heavy atom. The maximum atomic E-state index is 6.16. The maximum Gasteiger partial charge on any atom is 0.131 e. The van der Waals surface area contributed by atoms with E-state index in [9.17, 15) is 0 Å². The van der Waals surface area contributed by atoms with E-state index in [1.807, 2.05) is 14.0 Å². The van der Waals surface area contributed by atoms with Gasteiger partial charge in [0, 0.05) is 32.2 Å².